The van der Waals surface area contributed by atoms with Gasteiger partial charge in [0.1, 0.15) is 6.04 Å². The SMILES string of the molecule is O=C(O)C1CSCN1C(=O)NN1CCOCC1. The summed E-state index contributed by atoms with van der Waals surface area (Å²) < 4.78 is 5.16. The monoisotopic (exact) mass is 261 g/mol. The summed E-state index contributed by atoms with van der Waals surface area (Å²) in [6, 6.07) is -1.06. The number of thioether (sulfide) groups is 1. The van der Waals surface area contributed by atoms with E-state index in [9.17, 15) is 9.59 Å². The average molecular weight is 261 g/mol. The Bertz CT molecular complexity index is 309. The molecule has 2 saturated heterocycles. The minimum absolute atomic E-state index is 0.343. The molecule has 0 spiro atoms. The number of urea groups is 1. The van der Waals surface area contributed by atoms with Gasteiger partial charge in [-0.1, -0.05) is 0 Å². The van der Waals surface area contributed by atoms with E-state index in [2.05, 4.69) is 5.43 Å². The van der Waals surface area contributed by atoms with Crippen LogP contribution in [0.25, 0.3) is 0 Å². The Hall–Kier alpha value is -0.990. The molecule has 0 aromatic rings. The lowest BCUT2D eigenvalue weighted by Crippen LogP contribution is -2.55. The largest absolute Gasteiger partial charge is 0.480 e. The summed E-state index contributed by atoms with van der Waals surface area (Å²) in [7, 11) is 0. The van der Waals surface area contributed by atoms with Gasteiger partial charge in [0.05, 0.1) is 19.1 Å². The van der Waals surface area contributed by atoms with E-state index in [1.54, 1.807) is 5.01 Å². The molecular formula is C9H15N3O4S. The summed E-state index contributed by atoms with van der Waals surface area (Å²) in [5, 5.41) is 10.7. The molecule has 2 amide bonds. The predicted molar refractivity (Wildman–Crippen MR) is 61.5 cm³/mol. The molecule has 0 aromatic heterocycles. The highest BCUT2D eigenvalue weighted by atomic mass is 32.2. The molecule has 0 aliphatic carbocycles. The van der Waals surface area contributed by atoms with E-state index >= 15 is 0 Å². The maximum absolute atomic E-state index is 11.9. The zero-order valence-electron chi connectivity index (χ0n) is 9.29. The van der Waals surface area contributed by atoms with Crippen LogP contribution in [0.1, 0.15) is 0 Å². The van der Waals surface area contributed by atoms with Crippen molar-refractivity contribution in [3.63, 3.8) is 0 Å². The number of ether oxygens (including phenoxy) is 1. The van der Waals surface area contributed by atoms with Crippen LogP contribution in [0.15, 0.2) is 0 Å². The molecule has 2 aliphatic heterocycles. The van der Waals surface area contributed by atoms with Crippen molar-refractivity contribution in [2.45, 2.75) is 6.04 Å². The maximum Gasteiger partial charge on any atom is 0.333 e. The number of amides is 2. The van der Waals surface area contributed by atoms with Crippen LogP contribution in [0.3, 0.4) is 0 Å². The molecule has 0 aromatic carbocycles. The average Bonchev–Trinajstić information content (AvgIpc) is 2.79. The van der Waals surface area contributed by atoms with Gasteiger partial charge in [-0.2, -0.15) is 0 Å². The van der Waals surface area contributed by atoms with E-state index in [0.717, 1.165) is 0 Å². The lowest BCUT2D eigenvalue weighted by molar-refractivity contribution is -0.140. The van der Waals surface area contributed by atoms with Gasteiger partial charge >= 0.3 is 12.0 Å². The van der Waals surface area contributed by atoms with Gasteiger partial charge in [-0.15, -0.1) is 11.8 Å². The third kappa shape index (κ3) is 3.02. The standard InChI is InChI=1S/C9H15N3O4S/c13-8(14)7-5-17-6-12(7)9(15)10-11-1-3-16-4-2-11/h7H,1-6H2,(H,10,15)(H,13,14). The fourth-order valence-electron chi connectivity index (χ4n) is 1.72. The van der Waals surface area contributed by atoms with Gasteiger partial charge < -0.3 is 9.84 Å². The van der Waals surface area contributed by atoms with Crippen molar-refractivity contribution in [2.24, 2.45) is 0 Å². The van der Waals surface area contributed by atoms with E-state index < -0.39 is 12.0 Å². The van der Waals surface area contributed by atoms with E-state index in [0.29, 0.717) is 37.9 Å². The van der Waals surface area contributed by atoms with Crippen LogP contribution in [0.2, 0.25) is 0 Å². The Balaban J connectivity index is 1.88. The second-order valence-electron chi connectivity index (χ2n) is 3.84. The number of aliphatic carboxylic acids is 1. The summed E-state index contributed by atoms with van der Waals surface area (Å²) >= 11 is 1.45. The highest BCUT2D eigenvalue weighted by molar-refractivity contribution is 7.99. The Labute approximate surface area is 103 Å². The molecule has 17 heavy (non-hydrogen) atoms. The smallest absolute Gasteiger partial charge is 0.333 e. The number of nitrogens with zero attached hydrogens (tertiary/aromatic N) is 2. The number of hydrogen-bond donors (Lipinski definition) is 2. The van der Waals surface area contributed by atoms with Crippen LogP contribution < -0.4 is 5.43 Å². The van der Waals surface area contributed by atoms with Crippen molar-refractivity contribution in [3.05, 3.63) is 0 Å². The Kier molecular flexibility index (Phi) is 4.08. The van der Waals surface area contributed by atoms with Crippen LogP contribution in [-0.4, -0.2) is 71.0 Å². The molecule has 0 bridgehead atoms. The zero-order chi connectivity index (χ0) is 12.3. The summed E-state index contributed by atoms with van der Waals surface area (Å²) in [5.74, 6) is -0.0777. The quantitative estimate of drug-likeness (QED) is 0.691. The van der Waals surface area contributed by atoms with E-state index in [1.807, 2.05) is 0 Å². The fraction of sp³-hybridized carbons (Fsp3) is 0.778. The zero-order valence-corrected chi connectivity index (χ0v) is 10.1. The summed E-state index contributed by atoms with van der Waals surface area (Å²) in [6.07, 6.45) is 0. The minimum Gasteiger partial charge on any atom is -0.480 e. The number of hydrazine groups is 1. The van der Waals surface area contributed by atoms with Gasteiger partial charge in [0.2, 0.25) is 0 Å². The van der Waals surface area contributed by atoms with Gasteiger partial charge in [0.25, 0.3) is 0 Å². The molecule has 2 fully saturated rings. The molecule has 2 rings (SSSR count). The summed E-state index contributed by atoms with van der Waals surface area (Å²) in [6.45, 7) is 2.42. The second kappa shape index (κ2) is 5.56. The van der Waals surface area contributed by atoms with Crippen molar-refractivity contribution in [1.29, 1.82) is 0 Å². The van der Waals surface area contributed by atoms with Crippen molar-refractivity contribution in [2.75, 3.05) is 37.9 Å². The van der Waals surface area contributed by atoms with Crippen LogP contribution in [-0.2, 0) is 9.53 Å². The normalized spacial score (nSPS) is 25.9. The molecule has 2 heterocycles. The number of hydrogen-bond acceptors (Lipinski definition) is 5. The highest BCUT2D eigenvalue weighted by Crippen LogP contribution is 2.20. The fourth-order valence-corrected chi connectivity index (χ4v) is 2.87. The van der Waals surface area contributed by atoms with Crippen LogP contribution in [0.4, 0.5) is 4.79 Å². The van der Waals surface area contributed by atoms with E-state index in [1.165, 1.54) is 16.7 Å². The van der Waals surface area contributed by atoms with Crippen LogP contribution in [0, 0.1) is 0 Å². The Morgan fingerprint density at radius 1 is 1.35 bits per heavy atom. The summed E-state index contributed by atoms with van der Waals surface area (Å²) in [5.41, 5.74) is 2.71. The number of morpholine rings is 1. The third-order valence-corrected chi connectivity index (χ3v) is 3.71. The lowest BCUT2D eigenvalue weighted by atomic mass is 10.3. The van der Waals surface area contributed by atoms with Crippen molar-refractivity contribution in [3.8, 4) is 0 Å². The molecular weight excluding hydrogens is 246 g/mol. The molecule has 2 N–H and O–H groups in total. The topological polar surface area (TPSA) is 82.1 Å². The van der Waals surface area contributed by atoms with E-state index in [4.69, 9.17) is 9.84 Å². The van der Waals surface area contributed by atoms with Gasteiger partial charge in [-0.25, -0.2) is 14.6 Å². The summed E-state index contributed by atoms with van der Waals surface area (Å²) in [4.78, 5) is 24.2. The first-order chi connectivity index (χ1) is 8.18. The van der Waals surface area contributed by atoms with Gasteiger partial charge in [-0.05, 0) is 0 Å². The first-order valence-electron chi connectivity index (χ1n) is 5.39. The highest BCUT2D eigenvalue weighted by Gasteiger charge is 2.35. The first kappa shape index (κ1) is 12.5. The molecule has 0 saturated carbocycles. The molecule has 1 unspecified atom stereocenters. The number of carbonyl (C=O) groups excluding carboxylic acids is 1. The molecule has 96 valence electrons. The van der Waals surface area contributed by atoms with Crippen LogP contribution >= 0.6 is 11.8 Å². The molecule has 0 radical (unpaired) electrons. The molecule has 8 heteroatoms. The Morgan fingerprint density at radius 3 is 2.71 bits per heavy atom. The minimum atomic E-state index is -0.952. The molecule has 2 aliphatic rings. The second-order valence-corrected chi connectivity index (χ2v) is 4.84. The van der Waals surface area contributed by atoms with Gasteiger partial charge in [0.15, 0.2) is 0 Å². The van der Waals surface area contributed by atoms with Crippen molar-refractivity contribution >= 4 is 23.8 Å². The molecule has 1 atom stereocenters. The third-order valence-electron chi connectivity index (χ3n) is 2.69. The number of rotatable bonds is 2. The number of nitrogens with one attached hydrogen (secondary N) is 1. The van der Waals surface area contributed by atoms with E-state index in [-0.39, 0.29) is 6.03 Å². The predicted octanol–water partition coefficient (Wildman–Crippen LogP) is -0.597. The first-order valence-corrected chi connectivity index (χ1v) is 6.54. The van der Waals surface area contributed by atoms with Gasteiger partial charge in [-0.3, -0.25) is 10.3 Å². The van der Waals surface area contributed by atoms with Crippen LogP contribution in [0.5, 0.6) is 0 Å². The lowest BCUT2D eigenvalue weighted by Gasteiger charge is -2.30. The maximum atomic E-state index is 11.9. The molecule has 7 nitrogen and oxygen atoms in total. The number of carboxylic acids is 1. The van der Waals surface area contributed by atoms with Crippen molar-refractivity contribution in [1.82, 2.24) is 15.3 Å². The van der Waals surface area contributed by atoms with Gasteiger partial charge in [0, 0.05) is 18.8 Å². The number of carboxylic acid groups (broad SMARTS) is 1. The Morgan fingerprint density at radius 2 is 2.06 bits per heavy atom. The van der Waals surface area contributed by atoms with Crippen molar-refractivity contribution < 1.29 is 19.4 Å². The number of carbonyl (C=O) groups is 2.